The van der Waals surface area contributed by atoms with Gasteiger partial charge in [-0.2, -0.15) is 0 Å². The lowest BCUT2D eigenvalue weighted by Crippen LogP contribution is -2.27. The predicted octanol–water partition coefficient (Wildman–Crippen LogP) is 1.12. The van der Waals surface area contributed by atoms with E-state index in [1.807, 2.05) is 6.92 Å². The van der Waals surface area contributed by atoms with Gasteiger partial charge < -0.3 is 15.2 Å². The van der Waals surface area contributed by atoms with Gasteiger partial charge in [0, 0.05) is 30.6 Å². The van der Waals surface area contributed by atoms with Crippen LogP contribution in [0.2, 0.25) is 0 Å². The summed E-state index contributed by atoms with van der Waals surface area (Å²) in [7, 11) is 0. The lowest BCUT2D eigenvalue weighted by molar-refractivity contribution is -0.126. The molecule has 1 aliphatic rings. The fraction of sp³-hybridized carbons (Fsp3) is 0.538. The van der Waals surface area contributed by atoms with Crippen molar-refractivity contribution in [3.63, 3.8) is 0 Å². The minimum Gasteiger partial charge on any atom is -0.396 e. The first-order valence-electron chi connectivity index (χ1n) is 6.21. The first kappa shape index (κ1) is 13.0. The fourth-order valence-electron chi connectivity index (χ4n) is 2.03. The second-order valence-electron chi connectivity index (χ2n) is 4.51. The molecule has 2 N–H and O–H groups in total. The number of hydrogen-bond acceptors (Lipinski definition) is 4. The van der Waals surface area contributed by atoms with Gasteiger partial charge in [-0.3, -0.25) is 9.78 Å². The highest BCUT2D eigenvalue weighted by molar-refractivity contribution is 5.94. The Morgan fingerprint density at radius 1 is 1.61 bits per heavy atom. The summed E-state index contributed by atoms with van der Waals surface area (Å²) in [5.74, 6) is -0.111. The Morgan fingerprint density at radius 3 is 3.11 bits per heavy atom. The summed E-state index contributed by atoms with van der Waals surface area (Å²) in [4.78, 5) is 16.0. The van der Waals surface area contributed by atoms with Gasteiger partial charge in [0.1, 0.15) is 6.10 Å². The van der Waals surface area contributed by atoms with Crippen LogP contribution in [0.3, 0.4) is 0 Å². The Morgan fingerprint density at radius 2 is 2.44 bits per heavy atom. The Hall–Kier alpha value is -1.46. The number of nitrogens with zero attached hydrogens (tertiary/aromatic N) is 1. The van der Waals surface area contributed by atoms with Gasteiger partial charge in [0.15, 0.2) is 0 Å². The second-order valence-corrected chi connectivity index (χ2v) is 4.51. The zero-order chi connectivity index (χ0) is 13.0. The molecule has 1 saturated heterocycles. The van der Waals surface area contributed by atoms with Gasteiger partial charge in [-0.15, -0.1) is 0 Å². The summed E-state index contributed by atoms with van der Waals surface area (Å²) in [6.07, 6.45) is 3.60. The molecule has 2 heterocycles. The fourth-order valence-corrected chi connectivity index (χ4v) is 2.03. The average molecular weight is 250 g/mol. The van der Waals surface area contributed by atoms with E-state index >= 15 is 0 Å². The van der Waals surface area contributed by atoms with Crippen molar-refractivity contribution in [1.29, 1.82) is 0 Å². The van der Waals surface area contributed by atoms with Crippen LogP contribution in [0.15, 0.2) is 18.3 Å². The van der Waals surface area contributed by atoms with Crippen molar-refractivity contribution in [1.82, 2.24) is 4.98 Å². The lowest BCUT2D eigenvalue weighted by Gasteiger charge is -2.12. The van der Waals surface area contributed by atoms with E-state index in [2.05, 4.69) is 10.3 Å². The number of hydrogen-bond donors (Lipinski definition) is 2. The van der Waals surface area contributed by atoms with Crippen molar-refractivity contribution in [2.45, 2.75) is 38.4 Å². The van der Waals surface area contributed by atoms with Gasteiger partial charge in [0.05, 0.1) is 6.10 Å². The van der Waals surface area contributed by atoms with E-state index in [0.29, 0.717) is 12.1 Å². The maximum Gasteiger partial charge on any atom is 0.253 e. The molecule has 0 spiro atoms. The van der Waals surface area contributed by atoms with Crippen molar-refractivity contribution in [2.24, 2.45) is 0 Å². The zero-order valence-electron chi connectivity index (χ0n) is 10.4. The van der Waals surface area contributed by atoms with Crippen LogP contribution in [-0.2, 0) is 16.0 Å². The van der Waals surface area contributed by atoms with Crippen molar-refractivity contribution in [2.75, 3.05) is 11.9 Å². The van der Waals surface area contributed by atoms with Crippen LogP contribution in [0.5, 0.6) is 0 Å². The molecule has 1 amide bonds. The molecule has 1 unspecified atom stereocenters. The lowest BCUT2D eigenvalue weighted by atomic mass is 10.2. The van der Waals surface area contributed by atoms with E-state index in [4.69, 9.17) is 9.84 Å². The molecule has 0 radical (unpaired) electrons. The molecule has 2 rings (SSSR count). The highest BCUT2D eigenvalue weighted by atomic mass is 16.5. The minimum atomic E-state index is -0.352. The van der Waals surface area contributed by atoms with Gasteiger partial charge in [-0.05, 0) is 31.9 Å². The number of carbonyl (C=O) groups excluding carboxylic acids is 1. The number of aliphatic hydroxyl groups is 1. The molecule has 5 heteroatoms. The van der Waals surface area contributed by atoms with Crippen LogP contribution in [0, 0.1) is 0 Å². The molecule has 98 valence electrons. The third-order valence-corrected chi connectivity index (χ3v) is 2.98. The quantitative estimate of drug-likeness (QED) is 0.840. The summed E-state index contributed by atoms with van der Waals surface area (Å²) in [5, 5.41) is 11.7. The molecule has 0 saturated carbocycles. The van der Waals surface area contributed by atoms with Crippen molar-refractivity contribution in [3.8, 4) is 0 Å². The van der Waals surface area contributed by atoms with Crippen LogP contribution in [0.4, 0.5) is 5.69 Å². The predicted molar refractivity (Wildman–Crippen MR) is 67.2 cm³/mol. The third kappa shape index (κ3) is 3.27. The average Bonchev–Trinajstić information content (AvgIpc) is 2.77. The number of anilines is 1. The number of pyridine rings is 1. The van der Waals surface area contributed by atoms with Crippen LogP contribution >= 0.6 is 0 Å². The van der Waals surface area contributed by atoms with Crippen LogP contribution < -0.4 is 5.32 Å². The maximum atomic E-state index is 11.9. The largest absolute Gasteiger partial charge is 0.396 e. The number of amides is 1. The van der Waals surface area contributed by atoms with Crippen LogP contribution in [0.1, 0.15) is 25.5 Å². The first-order valence-corrected chi connectivity index (χ1v) is 6.21. The first-order chi connectivity index (χ1) is 8.69. The summed E-state index contributed by atoms with van der Waals surface area (Å²) in [5.41, 5.74) is 1.46. The molecule has 1 aliphatic heterocycles. The number of rotatable bonds is 4. The highest BCUT2D eigenvalue weighted by Gasteiger charge is 2.28. The normalized spacial score (nSPS) is 23.0. The summed E-state index contributed by atoms with van der Waals surface area (Å²) in [6, 6.07) is 3.50. The zero-order valence-corrected chi connectivity index (χ0v) is 10.4. The summed E-state index contributed by atoms with van der Waals surface area (Å²) < 4.78 is 5.51. The number of aliphatic hydroxyl groups excluding tert-OH is 1. The standard InChI is InChI=1S/C13H18N2O3/c1-9-2-3-12(18-9)13(17)15-11-4-6-14-10(8-11)5-7-16/h4,6,8-9,12,16H,2-3,5,7H2,1H3,(H,14,15,17)/t9-,12?/m0/s1. The Kier molecular flexibility index (Phi) is 4.28. The molecule has 0 aromatic carbocycles. The molecule has 1 aromatic heterocycles. The SMILES string of the molecule is C[C@H]1CCC(C(=O)Nc2ccnc(CCO)c2)O1. The number of carbonyl (C=O) groups is 1. The number of nitrogens with one attached hydrogen (secondary N) is 1. The number of ether oxygens (including phenoxy) is 1. The van der Waals surface area contributed by atoms with E-state index in [0.717, 1.165) is 18.5 Å². The summed E-state index contributed by atoms with van der Waals surface area (Å²) in [6.45, 7) is 2.02. The molecule has 1 fully saturated rings. The van der Waals surface area contributed by atoms with Crippen molar-refractivity contribution >= 4 is 11.6 Å². The highest BCUT2D eigenvalue weighted by Crippen LogP contribution is 2.20. The van der Waals surface area contributed by atoms with Crippen LogP contribution in [-0.4, -0.2) is 34.8 Å². The van der Waals surface area contributed by atoms with E-state index in [1.54, 1.807) is 18.3 Å². The Labute approximate surface area is 106 Å². The molecule has 0 bridgehead atoms. The smallest absolute Gasteiger partial charge is 0.253 e. The van der Waals surface area contributed by atoms with E-state index < -0.39 is 0 Å². The van der Waals surface area contributed by atoms with E-state index in [9.17, 15) is 4.79 Å². The van der Waals surface area contributed by atoms with Gasteiger partial charge in [0.2, 0.25) is 0 Å². The summed E-state index contributed by atoms with van der Waals surface area (Å²) >= 11 is 0. The van der Waals surface area contributed by atoms with Gasteiger partial charge in [0.25, 0.3) is 5.91 Å². The molecular formula is C13H18N2O3. The third-order valence-electron chi connectivity index (χ3n) is 2.98. The molecule has 0 aliphatic carbocycles. The molecule has 5 nitrogen and oxygen atoms in total. The molecule has 2 atom stereocenters. The Balaban J connectivity index is 1.96. The van der Waals surface area contributed by atoms with Gasteiger partial charge in [-0.25, -0.2) is 0 Å². The van der Waals surface area contributed by atoms with Crippen molar-refractivity contribution in [3.05, 3.63) is 24.0 Å². The topological polar surface area (TPSA) is 71.5 Å². The minimum absolute atomic E-state index is 0.0493. The van der Waals surface area contributed by atoms with E-state index in [1.165, 1.54) is 0 Å². The van der Waals surface area contributed by atoms with Gasteiger partial charge >= 0.3 is 0 Å². The second kappa shape index (κ2) is 5.93. The Bertz CT molecular complexity index is 422. The maximum absolute atomic E-state index is 11.9. The molecule has 1 aromatic rings. The monoisotopic (exact) mass is 250 g/mol. The van der Waals surface area contributed by atoms with Crippen LogP contribution in [0.25, 0.3) is 0 Å². The number of aromatic nitrogens is 1. The van der Waals surface area contributed by atoms with Crippen molar-refractivity contribution < 1.29 is 14.6 Å². The molecular weight excluding hydrogens is 232 g/mol. The van der Waals surface area contributed by atoms with E-state index in [-0.39, 0.29) is 24.7 Å². The molecule has 18 heavy (non-hydrogen) atoms. The van der Waals surface area contributed by atoms with Gasteiger partial charge in [-0.1, -0.05) is 0 Å².